The van der Waals surface area contributed by atoms with E-state index in [0.29, 0.717) is 30.3 Å². The molecule has 0 bridgehead atoms. The van der Waals surface area contributed by atoms with Crippen molar-refractivity contribution in [2.24, 2.45) is 0 Å². The average Bonchev–Trinajstić information content (AvgIpc) is 2.35. The molecular weight excluding hydrogens is 220 g/mol. The lowest BCUT2D eigenvalue weighted by Gasteiger charge is -2.20. The number of ether oxygens (including phenoxy) is 2. The van der Waals surface area contributed by atoms with E-state index in [0.717, 1.165) is 5.56 Å². The minimum absolute atomic E-state index is 0.00723. The zero-order chi connectivity index (χ0) is 12.3. The van der Waals surface area contributed by atoms with E-state index in [1.165, 1.54) is 0 Å². The molecule has 0 fully saturated rings. The molecule has 0 aliphatic carbocycles. The Labute approximate surface area is 98.9 Å². The molecule has 5 nitrogen and oxygen atoms in total. The Hall–Kier alpha value is -2.22. The highest BCUT2D eigenvalue weighted by Crippen LogP contribution is 2.32. The van der Waals surface area contributed by atoms with Crippen molar-refractivity contribution >= 4 is 5.91 Å². The first-order chi connectivity index (χ1) is 8.22. The molecule has 2 rings (SSSR count). The van der Waals surface area contributed by atoms with E-state index in [4.69, 9.17) is 14.7 Å². The first kappa shape index (κ1) is 11.3. The second-order valence-electron chi connectivity index (χ2n) is 3.65. The first-order valence-corrected chi connectivity index (χ1v) is 5.28. The van der Waals surface area contributed by atoms with Crippen molar-refractivity contribution in [2.75, 3.05) is 19.8 Å². The topological polar surface area (TPSA) is 71.4 Å². The number of benzene rings is 1. The van der Waals surface area contributed by atoms with Crippen LogP contribution in [0.15, 0.2) is 12.1 Å². The van der Waals surface area contributed by atoms with Crippen molar-refractivity contribution in [3.63, 3.8) is 0 Å². The van der Waals surface area contributed by atoms with Gasteiger partial charge in [0.1, 0.15) is 19.8 Å². The van der Waals surface area contributed by atoms with Crippen LogP contribution in [0.2, 0.25) is 0 Å². The Morgan fingerprint density at radius 2 is 2.06 bits per heavy atom. The number of carbonyl (C=O) groups excluding carboxylic acids is 1. The van der Waals surface area contributed by atoms with Crippen LogP contribution in [0.4, 0.5) is 0 Å². The minimum Gasteiger partial charge on any atom is -0.486 e. The molecule has 0 spiro atoms. The molecule has 17 heavy (non-hydrogen) atoms. The van der Waals surface area contributed by atoms with Gasteiger partial charge >= 0.3 is 0 Å². The molecule has 5 heteroatoms. The molecule has 1 heterocycles. The number of aryl methyl sites for hydroxylation is 1. The number of hydrogen-bond acceptors (Lipinski definition) is 4. The van der Waals surface area contributed by atoms with Gasteiger partial charge in [0, 0.05) is 5.56 Å². The standard InChI is InChI=1S/C12H12N2O3/c1-8-6-10-11(17-5-4-16-10)7-9(8)12(15)14-3-2-13/h6-7H,3-5H2,1H3,(H,14,15). The third kappa shape index (κ3) is 2.31. The van der Waals surface area contributed by atoms with E-state index < -0.39 is 0 Å². The summed E-state index contributed by atoms with van der Waals surface area (Å²) in [6, 6.07) is 5.29. The molecule has 0 saturated heterocycles. The van der Waals surface area contributed by atoms with Gasteiger partial charge in [0.25, 0.3) is 5.91 Å². The lowest BCUT2D eigenvalue weighted by atomic mass is 10.1. The van der Waals surface area contributed by atoms with Crippen LogP contribution < -0.4 is 14.8 Å². The summed E-state index contributed by atoms with van der Waals surface area (Å²) in [5, 5.41) is 10.9. The Kier molecular flexibility index (Phi) is 3.15. The Morgan fingerprint density at radius 3 is 2.71 bits per heavy atom. The van der Waals surface area contributed by atoms with Crippen molar-refractivity contribution in [1.82, 2.24) is 5.32 Å². The van der Waals surface area contributed by atoms with Gasteiger partial charge in [-0.2, -0.15) is 5.26 Å². The van der Waals surface area contributed by atoms with Gasteiger partial charge in [-0.25, -0.2) is 0 Å². The number of fused-ring (bicyclic) bond motifs is 1. The zero-order valence-corrected chi connectivity index (χ0v) is 9.45. The van der Waals surface area contributed by atoms with Crippen molar-refractivity contribution in [3.8, 4) is 17.6 Å². The molecule has 0 aromatic heterocycles. The number of carbonyl (C=O) groups is 1. The smallest absolute Gasteiger partial charge is 0.252 e. The summed E-state index contributed by atoms with van der Waals surface area (Å²) in [4.78, 5) is 11.8. The molecule has 0 radical (unpaired) electrons. The number of hydrogen-bond donors (Lipinski definition) is 1. The second kappa shape index (κ2) is 4.74. The summed E-state index contributed by atoms with van der Waals surface area (Å²) in [5.41, 5.74) is 1.30. The number of rotatable bonds is 2. The highest BCUT2D eigenvalue weighted by Gasteiger charge is 2.17. The summed E-state index contributed by atoms with van der Waals surface area (Å²) in [7, 11) is 0. The normalized spacial score (nSPS) is 12.7. The SMILES string of the molecule is Cc1cc2c(cc1C(=O)NCC#N)OCCO2. The fourth-order valence-corrected chi connectivity index (χ4v) is 1.65. The summed E-state index contributed by atoms with van der Waals surface area (Å²) in [5.74, 6) is 0.954. The summed E-state index contributed by atoms with van der Waals surface area (Å²) < 4.78 is 10.8. The Balaban J connectivity index is 2.29. The maximum absolute atomic E-state index is 11.8. The van der Waals surface area contributed by atoms with Crippen molar-refractivity contribution in [3.05, 3.63) is 23.3 Å². The van der Waals surface area contributed by atoms with Crippen molar-refractivity contribution in [1.29, 1.82) is 5.26 Å². The van der Waals surface area contributed by atoms with E-state index in [9.17, 15) is 4.79 Å². The molecule has 0 atom stereocenters. The van der Waals surface area contributed by atoms with Crippen LogP contribution in [-0.4, -0.2) is 25.7 Å². The predicted octanol–water partition coefficient (Wildman–Crippen LogP) is 1.02. The number of nitriles is 1. The maximum Gasteiger partial charge on any atom is 0.252 e. The summed E-state index contributed by atoms with van der Waals surface area (Å²) in [6.07, 6.45) is 0. The maximum atomic E-state index is 11.8. The molecule has 1 amide bonds. The van der Waals surface area contributed by atoms with Gasteiger partial charge in [-0.15, -0.1) is 0 Å². The highest BCUT2D eigenvalue weighted by atomic mass is 16.6. The van der Waals surface area contributed by atoms with E-state index >= 15 is 0 Å². The fraction of sp³-hybridized carbons (Fsp3) is 0.333. The van der Waals surface area contributed by atoms with Crippen LogP contribution >= 0.6 is 0 Å². The molecule has 1 N–H and O–H groups in total. The number of nitrogens with zero attached hydrogens (tertiary/aromatic N) is 1. The van der Waals surface area contributed by atoms with Gasteiger partial charge in [-0.3, -0.25) is 4.79 Å². The lowest BCUT2D eigenvalue weighted by molar-refractivity contribution is 0.0956. The van der Waals surface area contributed by atoms with Crippen LogP contribution in [-0.2, 0) is 0 Å². The monoisotopic (exact) mass is 232 g/mol. The van der Waals surface area contributed by atoms with Crippen LogP contribution in [0.3, 0.4) is 0 Å². The molecular formula is C12H12N2O3. The predicted molar refractivity (Wildman–Crippen MR) is 60.1 cm³/mol. The highest BCUT2D eigenvalue weighted by molar-refractivity contribution is 5.96. The average molecular weight is 232 g/mol. The van der Waals surface area contributed by atoms with E-state index in [-0.39, 0.29) is 12.5 Å². The number of nitrogens with one attached hydrogen (secondary N) is 1. The van der Waals surface area contributed by atoms with E-state index in [1.807, 2.05) is 13.0 Å². The third-order valence-electron chi connectivity index (χ3n) is 2.46. The van der Waals surface area contributed by atoms with Crippen molar-refractivity contribution in [2.45, 2.75) is 6.92 Å². The minimum atomic E-state index is -0.277. The lowest BCUT2D eigenvalue weighted by Crippen LogP contribution is -2.25. The van der Waals surface area contributed by atoms with Crippen LogP contribution in [0.25, 0.3) is 0 Å². The molecule has 88 valence electrons. The third-order valence-corrected chi connectivity index (χ3v) is 2.46. The molecule has 1 aromatic rings. The molecule has 1 aliphatic heterocycles. The van der Waals surface area contributed by atoms with Gasteiger partial charge in [0.05, 0.1) is 6.07 Å². The zero-order valence-electron chi connectivity index (χ0n) is 9.45. The molecule has 0 saturated carbocycles. The Bertz CT molecular complexity index is 491. The fourth-order valence-electron chi connectivity index (χ4n) is 1.65. The van der Waals surface area contributed by atoms with Gasteiger partial charge in [0.15, 0.2) is 11.5 Å². The first-order valence-electron chi connectivity index (χ1n) is 5.28. The van der Waals surface area contributed by atoms with Gasteiger partial charge in [-0.1, -0.05) is 0 Å². The van der Waals surface area contributed by atoms with Crippen LogP contribution in [0.1, 0.15) is 15.9 Å². The molecule has 1 aliphatic rings. The summed E-state index contributed by atoms with van der Waals surface area (Å²) >= 11 is 0. The van der Waals surface area contributed by atoms with Gasteiger partial charge in [-0.05, 0) is 24.6 Å². The molecule has 0 unspecified atom stereocenters. The summed E-state index contributed by atoms with van der Waals surface area (Å²) in [6.45, 7) is 2.81. The quantitative estimate of drug-likeness (QED) is 0.773. The van der Waals surface area contributed by atoms with Crippen LogP contribution in [0.5, 0.6) is 11.5 Å². The van der Waals surface area contributed by atoms with Gasteiger partial charge in [0.2, 0.25) is 0 Å². The Morgan fingerprint density at radius 1 is 1.41 bits per heavy atom. The van der Waals surface area contributed by atoms with Crippen LogP contribution in [0, 0.1) is 18.3 Å². The largest absolute Gasteiger partial charge is 0.486 e. The van der Waals surface area contributed by atoms with E-state index in [1.54, 1.807) is 12.1 Å². The van der Waals surface area contributed by atoms with E-state index in [2.05, 4.69) is 5.32 Å². The second-order valence-corrected chi connectivity index (χ2v) is 3.65. The molecule has 1 aromatic carbocycles. The van der Waals surface area contributed by atoms with Crippen molar-refractivity contribution < 1.29 is 14.3 Å². The van der Waals surface area contributed by atoms with Gasteiger partial charge < -0.3 is 14.8 Å². The number of amides is 1.